The molecule has 2 N–H and O–H groups in total. The van der Waals surface area contributed by atoms with Gasteiger partial charge in [-0.05, 0) is 23.3 Å². The molecule has 0 saturated carbocycles. The average Bonchev–Trinajstić information content (AvgIpc) is 2.53. The second-order valence-electron chi connectivity index (χ2n) is 4.41. The van der Waals surface area contributed by atoms with Crippen molar-refractivity contribution in [2.75, 3.05) is 21.3 Å². The van der Waals surface area contributed by atoms with Crippen LogP contribution in [0.2, 0.25) is 5.02 Å². The van der Waals surface area contributed by atoms with Gasteiger partial charge in [-0.15, -0.1) is 0 Å². The van der Waals surface area contributed by atoms with Crippen LogP contribution < -0.4 is 19.9 Å². The molecule has 0 aromatic heterocycles. The second kappa shape index (κ2) is 6.70. The lowest BCUT2D eigenvalue weighted by molar-refractivity contribution is 0.377. The van der Waals surface area contributed by atoms with Gasteiger partial charge in [-0.1, -0.05) is 17.7 Å². The molecule has 0 atom stereocenters. The molecular formula is C16H18ClNO3. The molecule has 2 aromatic rings. The third kappa shape index (κ3) is 3.06. The molecule has 0 amide bonds. The summed E-state index contributed by atoms with van der Waals surface area (Å²) in [6.45, 7) is 0.369. The van der Waals surface area contributed by atoms with Crippen LogP contribution >= 0.6 is 11.6 Å². The summed E-state index contributed by atoms with van der Waals surface area (Å²) in [4.78, 5) is 0. The fraction of sp³-hybridized carbons (Fsp3) is 0.250. The summed E-state index contributed by atoms with van der Waals surface area (Å²) < 4.78 is 16.2. The Kier molecular flexibility index (Phi) is 4.94. The van der Waals surface area contributed by atoms with Gasteiger partial charge in [0.1, 0.15) is 17.2 Å². The van der Waals surface area contributed by atoms with Crippen LogP contribution in [0.5, 0.6) is 17.2 Å². The number of halogens is 1. The number of rotatable bonds is 5. The highest BCUT2D eigenvalue weighted by molar-refractivity contribution is 6.30. The molecule has 0 aliphatic heterocycles. The van der Waals surface area contributed by atoms with E-state index < -0.39 is 0 Å². The van der Waals surface area contributed by atoms with E-state index in [2.05, 4.69) is 0 Å². The Labute approximate surface area is 129 Å². The van der Waals surface area contributed by atoms with Crippen molar-refractivity contribution in [3.05, 3.63) is 40.9 Å². The van der Waals surface area contributed by atoms with Crippen LogP contribution in [-0.2, 0) is 6.54 Å². The Bertz CT molecular complexity index is 618. The normalized spacial score (nSPS) is 10.3. The smallest absolute Gasteiger partial charge is 0.134 e. The molecular weight excluding hydrogens is 290 g/mol. The van der Waals surface area contributed by atoms with Crippen LogP contribution in [0.1, 0.15) is 5.56 Å². The van der Waals surface area contributed by atoms with E-state index in [-0.39, 0.29) is 0 Å². The van der Waals surface area contributed by atoms with Crippen molar-refractivity contribution in [2.24, 2.45) is 5.73 Å². The Hall–Kier alpha value is -1.91. The molecule has 0 heterocycles. The zero-order valence-corrected chi connectivity index (χ0v) is 13.0. The molecule has 0 unspecified atom stereocenters. The first-order valence-corrected chi connectivity index (χ1v) is 6.81. The number of hydrogen-bond donors (Lipinski definition) is 1. The van der Waals surface area contributed by atoms with Crippen LogP contribution in [0.3, 0.4) is 0 Å². The van der Waals surface area contributed by atoms with E-state index in [0.29, 0.717) is 28.8 Å². The summed E-state index contributed by atoms with van der Waals surface area (Å²) in [6, 6.07) is 9.20. The summed E-state index contributed by atoms with van der Waals surface area (Å²) in [5.74, 6) is 1.97. The highest BCUT2D eigenvalue weighted by atomic mass is 35.5. The fourth-order valence-corrected chi connectivity index (χ4v) is 2.44. The molecule has 0 bridgehead atoms. The van der Waals surface area contributed by atoms with Crippen molar-refractivity contribution < 1.29 is 14.2 Å². The molecule has 5 heteroatoms. The van der Waals surface area contributed by atoms with Crippen molar-refractivity contribution >= 4 is 11.6 Å². The second-order valence-corrected chi connectivity index (χ2v) is 4.85. The average molecular weight is 308 g/mol. The predicted octanol–water partition coefficient (Wildman–Crippen LogP) is 3.49. The Morgan fingerprint density at radius 1 is 0.952 bits per heavy atom. The number of nitrogens with two attached hydrogens (primary N) is 1. The van der Waals surface area contributed by atoms with E-state index in [1.54, 1.807) is 21.3 Å². The third-order valence-corrected chi connectivity index (χ3v) is 3.51. The van der Waals surface area contributed by atoms with E-state index in [1.165, 1.54) is 0 Å². The first kappa shape index (κ1) is 15.5. The topological polar surface area (TPSA) is 53.7 Å². The van der Waals surface area contributed by atoms with Gasteiger partial charge in [-0.3, -0.25) is 0 Å². The van der Waals surface area contributed by atoms with Crippen molar-refractivity contribution in [1.29, 1.82) is 0 Å². The highest BCUT2D eigenvalue weighted by Gasteiger charge is 2.17. The minimum atomic E-state index is 0.369. The molecule has 0 fully saturated rings. The van der Waals surface area contributed by atoms with E-state index >= 15 is 0 Å². The van der Waals surface area contributed by atoms with E-state index in [9.17, 15) is 0 Å². The lowest BCUT2D eigenvalue weighted by Crippen LogP contribution is -2.01. The van der Waals surface area contributed by atoms with E-state index in [1.807, 2.05) is 30.3 Å². The number of hydrogen-bond acceptors (Lipinski definition) is 4. The minimum absolute atomic E-state index is 0.369. The lowest BCUT2D eigenvalue weighted by atomic mass is 9.97. The first-order valence-electron chi connectivity index (χ1n) is 6.43. The maximum Gasteiger partial charge on any atom is 0.134 e. The SMILES string of the molecule is COc1cc(OC)c(-c2ccc(Cl)cc2CN)c(OC)c1. The summed E-state index contributed by atoms with van der Waals surface area (Å²) in [5, 5.41) is 0.644. The van der Waals surface area contributed by atoms with Crippen LogP contribution in [-0.4, -0.2) is 21.3 Å². The predicted molar refractivity (Wildman–Crippen MR) is 84.4 cm³/mol. The van der Waals surface area contributed by atoms with Gasteiger partial charge >= 0.3 is 0 Å². The van der Waals surface area contributed by atoms with Crippen LogP contribution in [0, 0.1) is 0 Å². The highest BCUT2D eigenvalue weighted by Crippen LogP contribution is 2.43. The molecule has 0 radical (unpaired) electrons. The fourth-order valence-electron chi connectivity index (χ4n) is 2.25. The Morgan fingerprint density at radius 3 is 2.05 bits per heavy atom. The summed E-state index contributed by atoms with van der Waals surface area (Å²) >= 11 is 6.04. The standard InChI is InChI=1S/C16H18ClNO3/c1-19-12-7-14(20-2)16(15(8-12)21-3)13-5-4-11(17)6-10(13)9-18/h4-8H,9,18H2,1-3H3. The molecule has 112 valence electrons. The van der Waals surface area contributed by atoms with Gasteiger partial charge in [-0.2, -0.15) is 0 Å². The van der Waals surface area contributed by atoms with Gasteiger partial charge in [-0.25, -0.2) is 0 Å². The van der Waals surface area contributed by atoms with Crippen molar-refractivity contribution in [2.45, 2.75) is 6.54 Å². The largest absolute Gasteiger partial charge is 0.496 e. The zero-order chi connectivity index (χ0) is 15.4. The number of benzene rings is 2. The molecule has 0 aliphatic carbocycles. The zero-order valence-electron chi connectivity index (χ0n) is 12.3. The first-order chi connectivity index (χ1) is 10.1. The molecule has 21 heavy (non-hydrogen) atoms. The van der Waals surface area contributed by atoms with Crippen molar-refractivity contribution in [1.82, 2.24) is 0 Å². The summed E-state index contributed by atoms with van der Waals surface area (Å²) in [6.07, 6.45) is 0. The number of ether oxygens (including phenoxy) is 3. The van der Waals surface area contributed by atoms with Crippen molar-refractivity contribution in [3.63, 3.8) is 0 Å². The molecule has 0 aliphatic rings. The summed E-state index contributed by atoms with van der Waals surface area (Å²) in [5.41, 5.74) is 8.51. The molecule has 0 spiro atoms. The molecule has 0 saturated heterocycles. The van der Waals surface area contributed by atoms with E-state index in [0.717, 1.165) is 16.7 Å². The van der Waals surface area contributed by atoms with Crippen molar-refractivity contribution in [3.8, 4) is 28.4 Å². The Morgan fingerprint density at radius 2 is 1.57 bits per heavy atom. The Balaban J connectivity index is 2.73. The maximum absolute atomic E-state index is 6.04. The van der Waals surface area contributed by atoms with Gasteiger partial charge in [0.25, 0.3) is 0 Å². The van der Waals surface area contributed by atoms with Gasteiger partial charge in [0.05, 0.1) is 26.9 Å². The van der Waals surface area contributed by atoms with Crippen LogP contribution in [0.25, 0.3) is 11.1 Å². The lowest BCUT2D eigenvalue weighted by Gasteiger charge is -2.17. The van der Waals surface area contributed by atoms with Crippen LogP contribution in [0.4, 0.5) is 0 Å². The van der Waals surface area contributed by atoms with Crippen LogP contribution in [0.15, 0.2) is 30.3 Å². The number of methoxy groups -OCH3 is 3. The maximum atomic E-state index is 6.04. The quantitative estimate of drug-likeness (QED) is 0.918. The third-order valence-electron chi connectivity index (χ3n) is 3.27. The minimum Gasteiger partial charge on any atom is -0.496 e. The van der Waals surface area contributed by atoms with Gasteiger partial charge in [0.2, 0.25) is 0 Å². The molecule has 4 nitrogen and oxygen atoms in total. The van der Waals surface area contributed by atoms with Gasteiger partial charge in [0.15, 0.2) is 0 Å². The van der Waals surface area contributed by atoms with Gasteiger partial charge < -0.3 is 19.9 Å². The summed E-state index contributed by atoms with van der Waals surface area (Å²) in [7, 11) is 4.81. The van der Waals surface area contributed by atoms with Gasteiger partial charge in [0, 0.05) is 23.7 Å². The van der Waals surface area contributed by atoms with E-state index in [4.69, 9.17) is 31.5 Å². The molecule has 2 rings (SSSR count). The monoisotopic (exact) mass is 307 g/mol. The molecule has 2 aromatic carbocycles.